The Kier molecular flexibility index (Phi) is 1.62. The van der Waals surface area contributed by atoms with Crippen LogP contribution >= 0.6 is 0 Å². The van der Waals surface area contributed by atoms with Crippen LogP contribution in [0, 0.1) is 4.91 Å². The third-order valence-electron chi connectivity index (χ3n) is 2.13. The Morgan fingerprint density at radius 3 is 2.92 bits per heavy atom. The summed E-state index contributed by atoms with van der Waals surface area (Å²) in [6.45, 7) is 1.74. The van der Waals surface area contributed by atoms with Gasteiger partial charge in [-0.3, -0.25) is 4.79 Å². The number of esters is 1. The number of hydrogen-bond acceptors (Lipinski definition) is 4. The number of nitrogens with zero attached hydrogens (tertiary/aromatic N) is 1. The quantitative estimate of drug-likeness (QED) is 0.375. The second-order valence-corrected chi connectivity index (χ2v) is 2.96. The number of carbonyl (C=O) groups is 1. The molecule has 1 aliphatic rings. The van der Waals surface area contributed by atoms with Crippen LogP contribution < -0.4 is 4.74 Å². The predicted molar refractivity (Wildman–Crippen MR) is 45.9 cm³/mol. The molecule has 0 radical (unpaired) electrons. The molecule has 4 nitrogen and oxygen atoms in total. The normalized spacial score (nSPS) is 19.5. The van der Waals surface area contributed by atoms with Crippen LogP contribution in [0.1, 0.15) is 18.4 Å². The molecule has 0 spiro atoms. The van der Waals surface area contributed by atoms with Crippen molar-refractivity contribution in [2.45, 2.75) is 12.8 Å². The summed E-state index contributed by atoms with van der Waals surface area (Å²) in [7, 11) is 0. The molecule has 1 heterocycles. The van der Waals surface area contributed by atoms with Gasteiger partial charge in [-0.25, -0.2) is 0 Å². The van der Waals surface area contributed by atoms with Crippen molar-refractivity contribution in [1.82, 2.24) is 0 Å². The van der Waals surface area contributed by atoms with Crippen molar-refractivity contribution < 1.29 is 9.53 Å². The first kappa shape index (κ1) is 7.91. The molecular formula is C9H7NO3. The van der Waals surface area contributed by atoms with E-state index in [1.54, 1.807) is 19.1 Å². The second-order valence-electron chi connectivity index (χ2n) is 2.96. The van der Waals surface area contributed by atoms with E-state index in [4.69, 9.17) is 4.74 Å². The zero-order valence-corrected chi connectivity index (χ0v) is 6.98. The van der Waals surface area contributed by atoms with E-state index < -0.39 is 0 Å². The highest BCUT2D eigenvalue weighted by Gasteiger charge is 2.29. The Morgan fingerprint density at radius 1 is 1.46 bits per heavy atom. The first-order valence-electron chi connectivity index (χ1n) is 3.91. The van der Waals surface area contributed by atoms with Crippen LogP contribution in [0.25, 0.3) is 0 Å². The van der Waals surface area contributed by atoms with E-state index in [-0.39, 0.29) is 11.9 Å². The lowest BCUT2D eigenvalue weighted by Gasteiger charge is -1.97. The van der Waals surface area contributed by atoms with Gasteiger partial charge in [-0.05, 0) is 30.3 Å². The molecule has 1 aliphatic heterocycles. The van der Waals surface area contributed by atoms with Crippen molar-refractivity contribution in [2.24, 2.45) is 5.18 Å². The lowest BCUT2D eigenvalue weighted by atomic mass is 10.0. The van der Waals surface area contributed by atoms with Gasteiger partial charge in [0.25, 0.3) is 0 Å². The molecule has 13 heavy (non-hydrogen) atoms. The molecule has 0 bridgehead atoms. The van der Waals surface area contributed by atoms with Gasteiger partial charge < -0.3 is 4.74 Å². The summed E-state index contributed by atoms with van der Waals surface area (Å²) >= 11 is 0. The molecule has 0 saturated carbocycles. The predicted octanol–water partition coefficient (Wildman–Crippen LogP) is 2.11. The fraction of sp³-hybridized carbons (Fsp3) is 0.222. The van der Waals surface area contributed by atoms with Gasteiger partial charge in [-0.15, -0.1) is 4.91 Å². The molecule has 1 atom stereocenters. The highest BCUT2D eigenvalue weighted by atomic mass is 16.5. The lowest BCUT2D eigenvalue weighted by Crippen LogP contribution is -2.05. The number of nitroso groups, excluding NO2 is 1. The van der Waals surface area contributed by atoms with Gasteiger partial charge in [0.1, 0.15) is 11.4 Å². The van der Waals surface area contributed by atoms with Gasteiger partial charge in [-0.2, -0.15) is 0 Å². The van der Waals surface area contributed by atoms with Crippen molar-refractivity contribution in [3.63, 3.8) is 0 Å². The number of hydrogen-bond donors (Lipinski definition) is 0. The van der Waals surface area contributed by atoms with Gasteiger partial charge in [0.2, 0.25) is 0 Å². The molecule has 0 aliphatic carbocycles. The maximum atomic E-state index is 11.1. The molecule has 0 N–H and O–H groups in total. The molecule has 1 unspecified atom stereocenters. The van der Waals surface area contributed by atoms with Crippen molar-refractivity contribution in [1.29, 1.82) is 0 Å². The molecule has 4 heteroatoms. The van der Waals surface area contributed by atoms with E-state index in [9.17, 15) is 9.70 Å². The molecule has 2 rings (SSSR count). The Hall–Kier alpha value is -1.71. The summed E-state index contributed by atoms with van der Waals surface area (Å²) in [6, 6.07) is 4.70. The van der Waals surface area contributed by atoms with Crippen molar-refractivity contribution in [2.75, 3.05) is 0 Å². The smallest absolute Gasteiger partial charge is 0.318 e. The monoisotopic (exact) mass is 177 g/mol. The number of ether oxygens (including phenoxy) is 1. The molecule has 0 aromatic heterocycles. The molecule has 1 aromatic carbocycles. The summed E-state index contributed by atoms with van der Waals surface area (Å²) in [5.41, 5.74) is 1.06. The van der Waals surface area contributed by atoms with Crippen LogP contribution in [0.4, 0.5) is 5.69 Å². The zero-order chi connectivity index (χ0) is 9.42. The molecule has 0 saturated heterocycles. The topological polar surface area (TPSA) is 55.7 Å². The Morgan fingerprint density at radius 2 is 2.23 bits per heavy atom. The van der Waals surface area contributed by atoms with Crippen molar-refractivity contribution >= 4 is 11.7 Å². The molecule has 0 fully saturated rings. The van der Waals surface area contributed by atoms with Gasteiger partial charge in [0.15, 0.2) is 0 Å². The third-order valence-corrected chi connectivity index (χ3v) is 2.13. The highest BCUT2D eigenvalue weighted by molar-refractivity contribution is 5.86. The minimum absolute atomic E-state index is 0.280. The first-order chi connectivity index (χ1) is 6.22. The van der Waals surface area contributed by atoms with Crippen molar-refractivity contribution in [3.05, 3.63) is 28.7 Å². The summed E-state index contributed by atoms with van der Waals surface area (Å²) in [5.74, 6) is -0.0420. The molecule has 0 amide bonds. The van der Waals surface area contributed by atoms with Gasteiger partial charge in [0.05, 0.1) is 5.92 Å². The molecular weight excluding hydrogens is 170 g/mol. The first-order valence-corrected chi connectivity index (χ1v) is 3.91. The van der Waals surface area contributed by atoms with Crippen LogP contribution in [0.2, 0.25) is 0 Å². The Bertz CT molecular complexity index is 386. The minimum Gasteiger partial charge on any atom is -0.426 e. The summed E-state index contributed by atoms with van der Waals surface area (Å²) < 4.78 is 4.94. The average Bonchev–Trinajstić information content (AvgIpc) is 2.43. The Labute approximate surface area is 74.5 Å². The maximum absolute atomic E-state index is 11.1. The van der Waals surface area contributed by atoms with Crippen molar-refractivity contribution in [3.8, 4) is 5.75 Å². The average molecular weight is 177 g/mol. The van der Waals surface area contributed by atoms with Crippen LogP contribution in [0.3, 0.4) is 0 Å². The second kappa shape index (κ2) is 2.65. The standard InChI is InChI=1S/C9H7NO3/c1-5-7-4-6(10-12)2-3-8(7)13-9(5)11/h2-5H,1H3. The number of fused-ring (bicyclic) bond motifs is 1. The van der Waals surface area contributed by atoms with E-state index in [0.717, 1.165) is 5.56 Å². The SMILES string of the molecule is CC1C(=O)Oc2ccc(N=O)cc21. The number of rotatable bonds is 1. The van der Waals surface area contributed by atoms with E-state index in [0.29, 0.717) is 11.4 Å². The number of carbonyl (C=O) groups excluding carboxylic acids is 1. The summed E-state index contributed by atoms with van der Waals surface area (Å²) in [6.07, 6.45) is 0. The van der Waals surface area contributed by atoms with Crippen LogP contribution in [0.5, 0.6) is 5.75 Å². The van der Waals surface area contributed by atoms with Gasteiger partial charge in [-0.1, -0.05) is 0 Å². The van der Waals surface area contributed by atoms with E-state index >= 15 is 0 Å². The van der Waals surface area contributed by atoms with Crippen LogP contribution in [0.15, 0.2) is 23.4 Å². The fourth-order valence-corrected chi connectivity index (χ4v) is 1.35. The molecule has 66 valence electrons. The van der Waals surface area contributed by atoms with E-state index in [2.05, 4.69) is 5.18 Å². The minimum atomic E-state index is -0.295. The lowest BCUT2D eigenvalue weighted by molar-refractivity contribution is -0.133. The largest absolute Gasteiger partial charge is 0.426 e. The zero-order valence-electron chi connectivity index (χ0n) is 6.98. The maximum Gasteiger partial charge on any atom is 0.318 e. The Balaban J connectivity index is 2.53. The van der Waals surface area contributed by atoms with E-state index in [1.807, 2.05) is 0 Å². The van der Waals surface area contributed by atoms with Gasteiger partial charge in [0, 0.05) is 5.56 Å². The van der Waals surface area contributed by atoms with Crippen LogP contribution in [-0.4, -0.2) is 5.97 Å². The summed E-state index contributed by atoms with van der Waals surface area (Å²) in [5, 5.41) is 2.79. The number of benzene rings is 1. The van der Waals surface area contributed by atoms with E-state index in [1.165, 1.54) is 6.07 Å². The summed E-state index contributed by atoms with van der Waals surface area (Å²) in [4.78, 5) is 21.3. The molecule has 1 aromatic rings. The van der Waals surface area contributed by atoms with Crippen LogP contribution in [-0.2, 0) is 4.79 Å². The van der Waals surface area contributed by atoms with Gasteiger partial charge >= 0.3 is 5.97 Å². The highest BCUT2D eigenvalue weighted by Crippen LogP contribution is 2.36. The fourth-order valence-electron chi connectivity index (χ4n) is 1.35. The third kappa shape index (κ3) is 1.11.